The third-order valence-corrected chi connectivity index (χ3v) is 1.82. The van der Waals surface area contributed by atoms with Gasteiger partial charge in [-0.2, -0.15) is 0 Å². The highest BCUT2D eigenvalue weighted by Gasteiger charge is 2.34. The molecule has 2 atom stereocenters. The van der Waals surface area contributed by atoms with E-state index in [1.54, 1.807) is 13.8 Å². The van der Waals surface area contributed by atoms with Crippen molar-refractivity contribution in [2.24, 2.45) is 11.8 Å². The lowest BCUT2D eigenvalue weighted by Gasteiger charge is -1.99. The van der Waals surface area contributed by atoms with Crippen LogP contribution in [0.15, 0.2) is 0 Å². The van der Waals surface area contributed by atoms with Crippen LogP contribution in [0.3, 0.4) is 0 Å². The molecule has 1 fully saturated rings. The second-order valence-corrected chi connectivity index (χ2v) is 2.43. The second-order valence-electron chi connectivity index (χ2n) is 2.43. The number of carbonyl (C=O) groups is 2. The van der Waals surface area contributed by atoms with Gasteiger partial charge < -0.3 is 0 Å². The summed E-state index contributed by atoms with van der Waals surface area (Å²) in [6.07, 6.45) is 0. The SMILES string of the molecule is CC.CC.CC1C(=O)NC(=O)C1C. The van der Waals surface area contributed by atoms with E-state index in [0.717, 1.165) is 0 Å². The molecule has 0 aromatic carbocycles. The van der Waals surface area contributed by atoms with Gasteiger partial charge in [-0.1, -0.05) is 41.5 Å². The third-order valence-electron chi connectivity index (χ3n) is 1.82. The van der Waals surface area contributed by atoms with Crippen molar-refractivity contribution in [1.29, 1.82) is 0 Å². The summed E-state index contributed by atoms with van der Waals surface area (Å²) in [6.45, 7) is 11.5. The van der Waals surface area contributed by atoms with E-state index in [-0.39, 0.29) is 23.7 Å². The maximum atomic E-state index is 10.7. The normalized spacial score (nSPS) is 25.1. The topological polar surface area (TPSA) is 46.2 Å². The Morgan fingerprint density at radius 1 is 0.846 bits per heavy atom. The Balaban J connectivity index is 0. The first-order chi connectivity index (χ1) is 6.13. The first-order valence-electron chi connectivity index (χ1n) is 4.97. The van der Waals surface area contributed by atoms with Crippen LogP contribution in [0.25, 0.3) is 0 Å². The van der Waals surface area contributed by atoms with Crippen LogP contribution < -0.4 is 5.32 Å². The van der Waals surface area contributed by atoms with Gasteiger partial charge in [0.05, 0.1) is 0 Å². The molecule has 0 aromatic rings. The van der Waals surface area contributed by atoms with Crippen molar-refractivity contribution in [3.8, 4) is 0 Å². The smallest absolute Gasteiger partial charge is 0.230 e. The maximum absolute atomic E-state index is 10.7. The number of amides is 2. The fourth-order valence-electron chi connectivity index (χ4n) is 0.803. The predicted molar refractivity (Wildman–Crippen MR) is 54.2 cm³/mol. The number of hydrogen-bond donors (Lipinski definition) is 1. The molecule has 1 saturated heterocycles. The van der Waals surface area contributed by atoms with Gasteiger partial charge in [0.2, 0.25) is 11.8 Å². The van der Waals surface area contributed by atoms with E-state index in [1.165, 1.54) is 0 Å². The Kier molecular flexibility index (Phi) is 8.76. The Morgan fingerprint density at radius 2 is 1.08 bits per heavy atom. The summed E-state index contributed by atoms with van der Waals surface area (Å²) < 4.78 is 0. The Hall–Kier alpha value is -0.860. The minimum Gasteiger partial charge on any atom is -0.296 e. The predicted octanol–water partition coefficient (Wildman–Crippen LogP) is 1.97. The van der Waals surface area contributed by atoms with E-state index in [0.29, 0.717) is 0 Å². The summed E-state index contributed by atoms with van der Waals surface area (Å²) in [5, 5.41) is 2.24. The zero-order valence-electron chi connectivity index (χ0n) is 9.47. The lowest BCUT2D eigenvalue weighted by molar-refractivity contribution is -0.126. The lowest BCUT2D eigenvalue weighted by Crippen LogP contribution is -2.21. The van der Waals surface area contributed by atoms with E-state index >= 15 is 0 Å². The van der Waals surface area contributed by atoms with E-state index in [1.807, 2.05) is 27.7 Å². The molecule has 1 N–H and O–H groups in total. The molecule has 0 bridgehead atoms. The fraction of sp³-hybridized carbons (Fsp3) is 0.800. The number of hydrogen-bond acceptors (Lipinski definition) is 2. The van der Waals surface area contributed by atoms with Gasteiger partial charge in [-0.15, -0.1) is 0 Å². The minimum atomic E-state index is -0.146. The molecule has 78 valence electrons. The first-order valence-corrected chi connectivity index (χ1v) is 4.97. The van der Waals surface area contributed by atoms with Crippen LogP contribution in [0.4, 0.5) is 0 Å². The third kappa shape index (κ3) is 4.06. The Labute approximate surface area is 80.9 Å². The highest BCUT2D eigenvalue weighted by molar-refractivity contribution is 6.04. The molecule has 3 heteroatoms. The highest BCUT2D eigenvalue weighted by atomic mass is 16.2. The van der Waals surface area contributed by atoms with Gasteiger partial charge in [-0.3, -0.25) is 14.9 Å². The second kappa shape index (κ2) is 7.77. The Morgan fingerprint density at radius 3 is 1.15 bits per heavy atom. The molecule has 0 radical (unpaired) electrons. The highest BCUT2D eigenvalue weighted by Crippen LogP contribution is 2.16. The van der Waals surface area contributed by atoms with Crippen LogP contribution in [0.1, 0.15) is 41.5 Å². The largest absolute Gasteiger partial charge is 0.296 e. The van der Waals surface area contributed by atoms with E-state index < -0.39 is 0 Å². The van der Waals surface area contributed by atoms with Crippen LogP contribution in [-0.4, -0.2) is 11.8 Å². The van der Waals surface area contributed by atoms with Crippen LogP contribution in [-0.2, 0) is 9.59 Å². The molecule has 0 aromatic heterocycles. The summed E-state index contributed by atoms with van der Waals surface area (Å²) in [5.41, 5.74) is 0. The maximum Gasteiger partial charge on any atom is 0.230 e. The van der Waals surface area contributed by atoms with Gasteiger partial charge in [0.25, 0.3) is 0 Å². The van der Waals surface area contributed by atoms with Crippen molar-refractivity contribution < 1.29 is 9.59 Å². The number of rotatable bonds is 0. The summed E-state index contributed by atoms with van der Waals surface area (Å²) in [7, 11) is 0. The van der Waals surface area contributed by atoms with Crippen LogP contribution in [0.5, 0.6) is 0 Å². The number of carbonyl (C=O) groups excluding carboxylic acids is 2. The monoisotopic (exact) mass is 187 g/mol. The van der Waals surface area contributed by atoms with Crippen molar-refractivity contribution in [1.82, 2.24) is 5.32 Å². The molecule has 3 nitrogen and oxygen atoms in total. The fourth-order valence-corrected chi connectivity index (χ4v) is 0.803. The van der Waals surface area contributed by atoms with Gasteiger partial charge in [-0.25, -0.2) is 0 Å². The van der Waals surface area contributed by atoms with E-state index in [4.69, 9.17) is 0 Å². The van der Waals surface area contributed by atoms with Gasteiger partial charge >= 0.3 is 0 Å². The summed E-state index contributed by atoms with van der Waals surface area (Å²) in [5.74, 6) is -0.574. The molecule has 0 aliphatic carbocycles. The average Bonchev–Trinajstić information content (AvgIpc) is 2.40. The van der Waals surface area contributed by atoms with Crippen molar-refractivity contribution in [2.75, 3.05) is 0 Å². The van der Waals surface area contributed by atoms with Gasteiger partial charge in [0.1, 0.15) is 0 Å². The van der Waals surface area contributed by atoms with E-state index in [2.05, 4.69) is 5.32 Å². The molecule has 13 heavy (non-hydrogen) atoms. The standard InChI is InChI=1S/C6H9NO2.2C2H6/c1-3-4(2)6(9)7-5(3)8;2*1-2/h3-4H,1-2H3,(H,7,8,9);2*1-2H3. The summed E-state index contributed by atoms with van der Waals surface area (Å²) in [6, 6.07) is 0. The van der Waals surface area contributed by atoms with Crippen LogP contribution in [0, 0.1) is 11.8 Å². The molecule has 1 aliphatic heterocycles. The molecule has 0 spiro atoms. The van der Waals surface area contributed by atoms with Crippen molar-refractivity contribution in [3.63, 3.8) is 0 Å². The zero-order valence-corrected chi connectivity index (χ0v) is 9.47. The lowest BCUT2D eigenvalue weighted by atomic mass is 10.00. The van der Waals surface area contributed by atoms with Crippen molar-refractivity contribution >= 4 is 11.8 Å². The summed E-state index contributed by atoms with van der Waals surface area (Å²) >= 11 is 0. The quantitative estimate of drug-likeness (QED) is 0.589. The van der Waals surface area contributed by atoms with Gasteiger partial charge in [-0.05, 0) is 0 Å². The van der Waals surface area contributed by atoms with Gasteiger partial charge in [0.15, 0.2) is 0 Å². The van der Waals surface area contributed by atoms with Crippen LogP contribution >= 0.6 is 0 Å². The zero-order chi connectivity index (χ0) is 11.0. The molecule has 2 unspecified atom stereocenters. The molecule has 1 rings (SSSR count). The van der Waals surface area contributed by atoms with Crippen molar-refractivity contribution in [2.45, 2.75) is 41.5 Å². The van der Waals surface area contributed by atoms with E-state index in [9.17, 15) is 9.59 Å². The Bertz CT molecular complexity index is 148. The molecular formula is C10H21NO2. The summed E-state index contributed by atoms with van der Waals surface area (Å²) in [4.78, 5) is 21.3. The molecular weight excluding hydrogens is 166 g/mol. The molecule has 0 saturated carbocycles. The molecule has 2 amide bonds. The van der Waals surface area contributed by atoms with Crippen LogP contribution in [0.2, 0.25) is 0 Å². The number of imide groups is 1. The minimum absolute atomic E-state index is 0.141. The van der Waals surface area contributed by atoms with Crippen molar-refractivity contribution in [3.05, 3.63) is 0 Å². The first kappa shape index (κ1) is 14.7. The number of nitrogens with one attached hydrogen (secondary N) is 1. The van der Waals surface area contributed by atoms with Gasteiger partial charge in [0, 0.05) is 11.8 Å². The molecule has 1 heterocycles. The molecule has 1 aliphatic rings. The average molecular weight is 187 g/mol.